The van der Waals surface area contributed by atoms with Crippen LogP contribution in [0.25, 0.3) is 0 Å². The van der Waals surface area contributed by atoms with Crippen molar-refractivity contribution in [1.29, 1.82) is 0 Å². The highest BCUT2D eigenvalue weighted by Crippen LogP contribution is 2.18. The van der Waals surface area contributed by atoms with Gasteiger partial charge in [0.25, 0.3) is 0 Å². The maximum atomic E-state index is 11.4. The van der Waals surface area contributed by atoms with Crippen LogP contribution >= 0.6 is 0 Å². The smallest absolute Gasteiger partial charge is 0.315 e. The minimum absolute atomic E-state index is 0.0209. The first-order valence-corrected chi connectivity index (χ1v) is 6.32. The molecular formula is C14H20N2O. The number of amides is 2. The van der Waals surface area contributed by atoms with Gasteiger partial charge < -0.3 is 10.6 Å². The number of carbonyl (C=O) groups excluding carboxylic acids is 1. The molecule has 1 unspecified atom stereocenters. The molecule has 0 saturated heterocycles. The van der Waals surface area contributed by atoms with Gasteiger partial charge in [-0.05, 0) is 30.7 Å². The normalized spacial score (nSPS) is 16.3. The first-order valence-electron chi connectivity index (χ1n) is 6.32. The molecule has 1 aliphatic carbocycles. The third kappa shape index (κ3) is 4.47. The molecule has 3 heteroatoms. The van der Waals surface area contributed by atoms with Gasteiger partial charge in [0.1, 0.15) is 0 Å². The van der Waals surface area contributed by atoms with Crippen LogP contribution in [0.3, 0.4) is 0 Å². The summed E-state index contributed by atoms with van der Waals surface area (Å²) in [5.41, 5.74) is 1.32. The van der Waals surface area contributed by atoms with Gasteiger partial charge in [0.15, 0.2) is 0 Å². The van der Waals surface area contributed by atoms with Crippen LogP contribution in [0.5, 0.6) is 0 Å². The molecule has 2 N–H and O–H groups in total. The summed E-state index contributed by atoms with van der Waals surface area (Å²) in [6.07, 6.45) is 3.27. The molecule has 2 rings (SSSR count). The summed E-state index contributed by atoms with van der Waals surface area (Å²) < 4.78 is 0. The summed E-state index contributed by atoms with van der Waals surface area (Å²) in [5.74, 6) is 0.461. The largest absolute Gasteiger partial charge is 0.338 e. The summed E-state index contributed by atoms with van der Waals surface area (Å²) in [6.45, 7) is 2.89. The third-order valence-corrected chi connectivity index (χ3v) is 2.95. The highest BCUT2D eigenvalue weighted by Gasteiger charge is 2.23. The Morgan fingerprint density at radius 1 is 1.35 bits per heavy atom. The van der Waals surface area contributed by atoms with Crippen molar-refractivity contribution < 1.29 is 4.79 Å². The van der Waals surface area contributed by atoms with Gasteiger partial charge in [0.2, 0.25) is 0 Å². The predicted molar refractivity (Wildman–Crippen MR) is 68.9 cm³/mol. The number of urea groups is 1. The predicted octanol–water partition coefficient (Wildman–Crippen LogP) is 2.33. The van der Waals surface area contributed by atoms with Gasteiger partial charge in [-0.25, -0.2) is 4.79 Å². The van der Waals surface area contributed by atoms with Crippen molar-refractivity contribution in [2.75, 3.05) is 6.54 Å². The molecule has 0 bridgehead atoms. The molecule has 3 nitrogen and oxygen atoms in total. The average molecular weight is 232 g/mol. The Kier molecular flexibility index (Phi) is 4.02. The van der Waals surface area contributed by atoms with Crippen LogP contribution in [0, 0.1) is 5.92 Å². The lowest BCUT2D eigenvalue weighted by atomic mass is 10.0. The fraction of sp³-hybridized carbons (Fsp3) is 0.500. The molecule has 1 atom stereocenters. The van der Waals surface area contributed by atoms with E-state index >= 15 is 0 Å². The molecule has 0 heterocycles. The summed E-state index contributed by atoms with van der Waals surface area (Å²) in [7, 11) is 0. The van der Waals surface area contributed by atoms with Gasteiger partial charge >= 0.3 is 6.03 Å². The number of nitrogens with one attached hydrogen (secondary N) is 2. The van der Waals surface area contributed by atoms with Crippen molar-refractivity contribution in [3.63, 3.8) is 0 Å². The van der Waals surface area contributed by atoms with E-state index in [-0.39, 0.29) is 6.03 Å². The van der Waals surface area contributed by atoms with Crippen molar-refractivity contribution in [3.05, 3.63) is 35.9 Å². The van der Waals surface area contributed by atoms with E-state index < -0.39 is 0 Å². The molecule has 0 aliphatic heterocycles. The molecule has 1 aromatic rings. The molecule has 0 spiro atoms. The number of hydrogen-bond donors (Lipinski definition) is 2. The van der Waals surface area contributed by atoms with Crippen LogP contribution in [0.15, 0.2) is 30.3 Å². The zero-order chi connectivity index (χ0) is 12.1. The monoisotopic (exact) mass is 232 g/mol. The van der Waals surface area contributed by atoms with Crippen LogP contribution in [0.4, 0.5) is 4.79 Å². The van der Waals surface area contributed by atoms with Crippen molar-refractivity contribution >= 4 is 6.03 Å². The maximum Gasteiger partial charge on any atom is 0.315 e. The Bertz CT molecular complexity index is 360. The van der Waals surface area contributed by atoms with E-state index in [4.69, 9.17) is 0 Å². The molecule has 0 aromatic heterocycles. The van der Waals surface area contributed by atoms with Gasteiger partial charge in [-0.2, -0.15) is 0 Å². The lowest BCUT2D eigenvalue weighted by Crippen LogP contribution is -2.39. The molecule has 1 saturated carbocycles. The van der Waals surface area contributed by atoms with Gasteiger partial charge in [-0.1, -0.05) is 37.3 Å². The van der Waals surface area contributed by atoms with Crippen LogP contribution in [0.2, 0.25) is 0 Å². The molecule has 1 fully saturated rings. The second-order valence-electron chi connectivity index (χ2n) is 4.92. The Balaban J connectivity index is 1.66. The van der Waals surface area contributed by atoms with E-state index in [9.17, 15) is 4.79 Å². The van der Waals surface area contributed by atoms with Gasteiger partial charge in [-0.3, -0.25) is 0 Å². The molecular weight excluding hydrogens is 212 g/mol. The van der Waals surface area contributed by atoms with Crippen molar-refractivity contribution in [3.8, 4) is 0 Å². The standard InChI is InChI=1S/C14H20N2O/c1-11(9-12-5-3-2-4-6-12)10-15-14(17)16-13-7-8-13/h2-6,11,13H,7-10H2,1H3,(H2,15,16,17). The lowest BCUT2D eigenvalue weighted by molar-refractivity contribution is 0.239. The second kappa shape index (κ2) is 5.71. The summed E-state index contributed by atoms with van der Waals surface area (Å²) >= 11 is 0. The van der Waals surface area contributed by atoms with Crippen LogP contribution < -0.4 is 10.6 Å². The van der Waals surface area contributed by atoms with E-state index in [0.29, 0.717) is 12.0 Å². The van der Waals surface area contributed by atoms with Crippen molar-refractivity contribution in [2.24, 2.45) is 5.92 Å². The summed E-state index contributed by atoms with van der Waals surface area (Å²) in [4.78, 5) is 11.4. The van der Waals surface area contributed by atoms with E-state index in [1.165, 1.54) is 5.56 Å². The zero-order valence-electron chi connectivity index (χ0n) is 10.3. The van der Waals surface area contributed by atoms with Gasteiger partial charge in [0, 0.05) is 12.6 Å². The Labute approximate surface area is 103 Å². The highest BCUT2D eigenvalue weighted by molar-refractivity contribution is 5.74. The van der Waals surface area contributed by atoms with E-state index in [2.05, 4.69) is 41.8 Å². The van der Waals surface area contributed by atoms with Crippen LogP contribution in [0.1, 0.15) is 25.3 Å². The van der Waals surface area contributed by atoms with Crippen LogP contribution in [-0.4, -0.2) is 18.6 Å². The van der Waals surface area contributed by atoms with E-state index in [1.54, 1.807) is 0 Å². The Hall–Kier alpha value is -1.51. The van der Waals surface area contributed by atoms with E-state index in [0.717, 1.165) is 25.8 Å². The quantitative estimate of drug-likeness (QED) is 0.803. The van der Waals surface area contributed by atoms with Crippen LogP contribution in [-0.2, 0) is 6.42 Å². The fourth-order valence-corrected chi connectivity index (χ4v) is 1.82. The maximum absolute atomic E-state index is 11.4. The molecule has 92 valence electrons. The number of benzene rings is 1. The first kappa shape index (κ1) is 12.0. The Morgan fingerprint density at radius 2 is 2.06 bits per heavy atom. The third-order valence-electron chi connectivity index (χ3n) is 2.95. The van der Waals surface area contributed by atoms with Gasteiger partial charge in [-0.15, -0.1) is 0 Å². The highest BCUT2D eigenvalue weighted by atomic mass is 16.2. The summed E-state index contributed by atoms with van der Waals surface area (Å²) in [5, 5.41) is 5.85. The topological polar surface area (TPSA) is 41.1 Å². The fourth-order valence-electron chi connectivity index (χ4n) is 1.82. The minimum Gasteiger partial charge on any atom is -0.338 e. The molecule has 0 radical (unpaired) electrons. The number of hydrogen-bond acceptors (Lipinski definition) is 1. The molecule has 17 heavy (non-hydrogen) atoms. The van der Waals surface area contributed by atoms with Crippen molar-refractivity contribution in [2.45, 2.75) is 32.2 Å². The molecule has 1 aromatic carbocycles. The average Bonchev–Trinajstić information content (AvgIpc) is 3.12. The van der Waals surface area contributed by atoms with E-state index in [1.807, 2.05) is 6.07 Å². The SMILES string of the molecule is CC(CNC(=O)NC1CC1)Cc1ccccc1. The minimum atomic E-state index is -0.0209. The first-order chi connectivity index (χ1) is 8.24. The van der Waals surface area contributed by atoms with Crippen molar-refractivity contribution in [1.82, 2.24) is 10.6 Å². The summed E-state index contributed by atoms with van der Waals surface area (Å²) in [6, 6.07) is 10.8. The molecule has 1 aliphatic rings. The zero-order valence-corrected chi connectivity index (χ0v) is 10.3. The second-order valence-corrected chi connectivity index (χ2v) is 4.92. The molecule has 2 amide bonds. The Morgan fingerprint density at radius 3 is 2.71 bits per heavy atom. The van der Waals surface area contributed by atoms with Gasteiger partial charge in [0.05, 0.1) is 0 Å². The lowest BCUT2D eigenvalue weighted by Gasteiger charge is -2.13. The number of carbonyl (C=O) groups is 1. The number of rotatable bonds is 5.